The Morgan fingerprint density at radius 3 is 2.55 bits per heavy atom. The first-order valence-corrected chi connectivity index (χ1v) is 7.16. The Balaban J connectivity index is 1.92. The number of amides is 1. The van der Waals surface area contributed by atoms with Crippen molar-refractivity contribution in [1.82, 2.24) is 9.99 Å². The van der Waals surface area contributed by atoms with Gasteiger partial charge in [0.25, 0.3) is 0 Å². The molecule has 0 aliphatic carbocycles. The van der Waals surface area contributed by atoms with E-state index in [4.69, 9.17) is 16.3 Å². The highest BCUT2D eigenvalue weighted by molar-refractivity contribution is 6.30. The third-order valence-electron chi connectivity index (χ3n) is 3.28. The lowest BCUT2D eigenvalue weighted by atomic mass is 10.2. The minimum Gasteiger partial charge on any atom is -0.446 e. The van der Waals surface area contributed by atoms with E-state index in [0.29, 0.717) is 10.9 Å². The van der Waals surface area contributed by atoms with Gasteiger partial charge < -0.3 is 4.74 Å². The van der Waals surface area contributed by atoms with Gasteiger partial charge in [0.1, 0.15) is 0 Å². The van der Waals surface area contributed by atoms with Crippen molar-refractivity contribution in [3.05, 3.63) is 64.4 Å². The quantitative estimate of drug-likeness (QED) is 0.854. The Labute approximate surface area is 133 Å². The zero-order valence-electron chi connectivity index (χ0n) is 12.2. The summed E-state index contributed by atoms with van der Waals surface area (Å²) in [6.07, 6.45) is 1.09. The Morgan fingerprint density at radius 2 is 1.95 bits per heavy atom. The van der Waals surface area contributed by atoms with Crippen LogP contribution in [0.15, 0.2) is 47.7 Å². The average Bonchev–Trinajstić information content (AvgIpc) is 2.94. The van der Waals surface area contributed by atoms with Gasteiger partial charge in [-0.05, 0) is 31.2 Å². The van der Waals surface area contributed by atoms with E-state index < -0.39 is 6.23 Å². The zero-order chi connectivity index (χ0) is 15.7. The molecule has 1 atom stereocenters. The number of rotatable bonds is 2. The van der Waals surface area contributed by atoms with Gasteiger partial charge in [-0.1, -0.05) is 23.7 Å². The molecule has 112 valence electrons. The summed E-state index contributed by atoms with van der Waals surface area (Å²) >= 11 is 5.90. The van der Waals surface area contributed by atoms with Gasteiger partial charge >= 0.3 is 0 Å². The van der Waals surface area contributed by atoms with Crippen LogP contribution in [0.5, 0.6) is 0 Å². The number of hydrazone groups is 1. The number of aromatic nitrogens is 1. The summed E-state index contributed by atoms with van der Waals surface area (Å²) in [6.45, 7) is 3.35. The number of carbonyl (C=O) groups excluding carboxylic acids is 1. The van der Waals surface area contributed by atoms with E-state index in [1.54, 1.807) is 18.3 Å². The standard InChI is InChI=1S/C16H14ClN3O2/c1-10-3-4-13(9-18-10)15-19-20(11(2)21)16(22-15)12-5-7-14(17)8-6-12/h3-9,16H,1-2H3/t16-/m1/s1. The maximum atomic E-state index is 11.8. The first-order valence-electron chi connectivity index (χ1n) is 6.78. The molecule has 2 heterocycles. The number of halogens is 1. The molecule has 6 heteroatoms. The fraction of sp³-hybridized carbons (Fsp3) is 0.188. The molecule has 0 saturated heterocycles. The Morgan fingerprint density at radius 1 is 1.23 bits per heavy atom. The van der Waals surface area contributed by atoms with E-state index in [1.807, 2.05) is 31.2 Å². The molecule has 0 fully saturated rings. The fourth-order valence-electron chi connectivity index (χ4n) is 2.12. The van der Waals surface area contributed by atoms with Crippen molar-refractivity contribution < 1.29 is 9.53 Å². The van der Waals surface area contributed by atoms with Crippen molar-refractivity contribution in [3.63, 3.8) is 0 Å². The van der Waals surface area contributed by atoms with Gasteiger partial charge in [-0.3, -0.25) is 9.78 Å². The molecular weight excluding hydrogens is 302 g/mol. The normalized spacial score (nSPS) is 17.1. The van der Waals surface area contributed by atoms with Gasteiger partial charge in [-0.15, -0.1) is 5.10 Å². The fourth-order valence-corrected chi connectivity index (χ4v) is 2.25. The van der Waals surface area contributed by atoms with Crippen molar-refractivity contribution in [3.8, 4) is 0 Å². The van der Waals surface area contributed by atoms with Crippen LogP contribution < -0.4 is 0 Å². The first kappa shape index (κ1) is 14.5. The molecule has 0 spiro atoms. The number of hydrogen-bond acceptors (Lipinski definition) is 4. The van der Waals surface area contributed by atoms with Crippen LogP contribution in [-0.2, 0) is 9.53 Å². The molecule has 5 nitrogen and oxygen atoms in total. The summed E-state index contributed by atoms with van der Waals surface area (Å²) in [7, 11) is 0. The van der Waals surface area contributed by atoms with Crippen molar-refractivity contribution in [2.24, 2.45) is 5.10 Å². The van der Waals surface area contributed by atoms with Crippen LogP contribution in [0.1, 0.15) is 30.0 Å². The molecule has 0 unspecified atom stereocenters. The predicted octanol–water partition coefficient (Wildman–Crippen LogP) is 3.28. The maximum absolute atomic E-state index is 11.8. The molecule has 1 aliphatic heterocycles. The van der Waals surface area contributed by atoms with Crippen molar-refractivity contribution in [2.45, 2.75) is 20.1 Å². The van der Waals surface area contributed by atoms with E-state index in [1.165, 1.54) is 11.9 Å². The lowest BCUT2D eigenvalue weighted by Crippen LogP contribution is -2.25. The molecule has 2 aromatic rings. The van der Waals surface area contributed by atoms with Gasteiger partial charge in [-0.2, -0.15) is 5.01 Å². The molecule has 1 aliphatic rings. The molecule has 0 bridgehead atoms. The monoisotopic (exact) mass is 315 g/mol. The molecule has 1 amide bonds. The summed E-state index contributed by atoms with van der Waals surface area (Å²) in [4.78, 5) is 16.0. The second kappa shape index (κ2) is 5.77. The number of pyridine rings is 1. The van der Waals surface area contributed by atoms with E-state index in [2.05, 4.69) is 10.1 Å². The average molecular weight is 316 g/mol. The SMILES string of the molecule is CC(=O)N1N=C(c2ccc(C)nc2)O[C@@H]1c1ccc(Cl)cc1. The Bertz CT molecular complexity index is 726. The Kier molecular flexibility index (Phi) is 3.81. The van der Waals surface area contributed by atoms with Crippen molar-refractivity contribution >= 4 is 23.4 Å². The van der Waals surface area contributed by atoms with Crippen LogP contribution in [0.2, 0.25) is 5.02 Å². The highest BCUT2D eigenvalue weighted by Gasteiger charge is 2.33. The van der Waals surface area contributed by atoms with E-state index in [0.717, 1.165) is 16.8 Å². The number of carbonyl (C=O) groups is 1. The summed E-state index contributed by atoms with van der Waals surface area (Å²) in [5, 5.41) is 6.22. The smallest absolute Gasteiger partial charge is 0.243 e. The van der Waals surface area contributed by atoms with Gasteiger partial charge in [0.2, 0.25) is 18.0 Å². The van der Waals surface area contributed by atoms with Gasteiger partial charge in [-0.25, -0.2) is 0 Å². The molecule has 0 saturated carbocycles. The predicted molar refractivity (Wildman–Crippen MR) is 83.3 cm³/mol. The number of nitrogens with zero attached hydrogens (tertiary/aromatic N) is 3. The number of ether oxygens (including phenoxy) is 1. The van der Waals surface area contributed by atoms with Crippen LogP contribution >= 0.6 is 11.6 Å². The van der Waals surface area contributed by atoms with Crippen LogP contribution in [0.3, 0.4) is 0 Å². The second-order valence-electron chi connectivity index (χ2n) is 4.98. The largest absolute Gasteiger partial charge is 0.446 e. The number of aryl methyl sites for hydroxylation is 1. The van der Waals surface area contributed by atoms with Crippen molar-refractivity contribution in [1.29, 1.82) is 0 Å². The van der Waals surface area contributed by atoms with Crippen LogP contribution in [0, 0.1) is 6.92 Å². The molecular formula is C16H14ClN3O2. The molecule has 22 heavy (non-hydrogen) atoms. The second-order valence-corrected chi connectivity index (χ2v) is 5.42. The van der Waals surface area contributed by atoms with Crippen molar-refractivity contribution in [2.75, 3.05) is 0 Å². The highest BCUT2D eigenvalue weighted by atomic mass is 35.5. The maximum Gasteiger partial charge on any atom is 0.243 e. The summed E-state index contributed by atoms with van der Waals surface area (Å²) in [5.74, 6) is 0.178. The minimum absolute atomic E-state index is 0.199. The molecule has 0 radical (unpaired) electrons. The van der Waals surface area contributed by atoms with Gasteiger partial charge in [0.05, 0.1) is 5.56 Å². The third-order valence-corrected chi connectivity index (χ3v) is 3.53. The topological polar surface area (TPSA) is 54.8 Å². The highest BCUT2D eigenvalue weighted by Crippen LogP contribution is 2.30. The molecule has 1 aromatic carbocycles. The molecule has 1 aromatic heterocycles. The van der Waals surface area contributed by atoms with Gasteiger partial charge in [0, 0.05) is 29.4 Å². The molecule has 3 rings (SSSR count). The number of benzene rings is 1. The third kappa shape index (κ3) is 2.80. The van der Waals surface area contributed by atoms with Crippen LogP contribution in [0.25, 0.3) is 0 Å². The summed E-state index contributed by atoms with van der Waals surface area (Å²) < 4.78 is 5.86. The Hall–Kier alpha value is -2.40. The van der Waals surface area contributed by atoms with Crippen LogP contribution in [-0.4, -0.2) is 21.8 Å². The van der Waals surface area contributed by atoms with E-state index >= 15 is 0 Å². The number of hydrogen-bond donors (Lipinski definition) is 0. The molecule has 0 N–H and O–H groups in total. The summed E-state index contributed by atoms with van der Waals surface area (Å²) in [6, 6.07) is 10.9. The summed E-state index contributed by atoms with van der Waals surface area (Å²) in [5.41, 5.74) is 2.44. The van der Waals surface area contributed by atoms with Crippen LogP contribution in [0.4, 0.5) is 0 Å². The lowest BCUT2D eigenvalue weighted by Gasteiger charge is -2.19. The van der Waals surface area contributed by atoms with E-state index in [9.17, 15) is 4.79 Å². The first-order chi connectivity index (χ1) is 10.5. The van der Waals surface area contributed by atoms with Gasteiger partial charge in [0.15, 0.2) is 0 Å². The lowest BCUT2D eigenvalue weighted by molar-refractivity contribution is -0.135. The minimum atomic E-state index is -0.592. The zero-order valence-corrected chi connectivity index (χ0v) is 12.9. The van der Waals surface area contributed by atoms with E-state index in [-0.39, 0.29) is 5.91 Å².